The summed E-state index contributed by atoms with van der Waals surface area (Å²) in [7, 11) is -2.67. The van der Waals surface area contributed by atoms with E-state index in [0.717, 1.165) is 38.5 Å². The van der Waals surface area contributed by atoms with Gasteiger partial charge in [-0.25, -0.2) is 8.42 Å². The normalized spacial score (nSPS) is 41.8. The Labute approximate surface area is 67.9 Å². The maximum atomic E-state index is 11.6. The van der Waals surface area contributed by atoms with Gasteiger partial charge in [0.25, 0.3) is 0 Å². The van der Waals surface area contributed by atoms with Crippen molar-refractivity contribution in [2.45, 2.75) is 49.0 Å². The fourth-order valence-corrected chi connectivity index (χ4v) is 4.80. The molecule has 0 N–H and O–H groups in total. The van der Waals surface area contributed by atoms with E-state index in [2.05, 4.69) is 0 Å². The molecule has 0 saturated carbocycles. The van der Waals surface area contributed by atoms with Crippen molar-refractivity contribution < 1.29 is 8.42 Å². The van der Waals surface area contributed by atoms with Gasteiger partial charge in [0.2, 0.25) is 0 Å². The molecule has 2 atom stereocenters. The third-order valence-electron chi connectivity index (χ3n) is 3.04. The zero-order chi connectivity index (χ0) is 7.90. The van der Waals surface area contributed by atoms with Gasteiger partial charge in [-0.15, -0.1) is 0 Å². The summed E-state index contributed by atoms with van der Waals surface area (Å²) in [4.78, 5) is 0. The lowest BCUT2D eigenvalue weighted by atomic mass is 10.0. The third kappa shape index (κ3) is 1.10. The van der Waals surface area contributed by atoms with E-state index < -0.39 is 9.84 Å². The molecule has 2 heterocycles. The van der Waals surface area contributed by atoms with E-state index in [4.69, 9.17) is 0 Å². The highest BCUT2D eigenvalue weighted by atomic mass is 32.2. The highest BCUT2D eigenvalue weighted by molar-refractivity contribution is 7.92. The SMILES string of the molecule is O=S1(=O)[C@@H]2CCCC[C@H]1CC2. The van der Waals surface area contributed by atoms with Gasteiger partial charge in [0.1, 0.15) is 0 Å². The predicted octanol–water partition coefficient (Wildman–Crippen LogP) is 1.51. The Morgan fingerprint density at radius 3 is 1.73 bits per heavy atom. The summed E-state index contributed by atoms with van der Waals surface area (Å²) in [5.41, 5.74) is 0. The fourth-order valence-electron chi connectivity index (χ4n) is 2.33. The lowest BCUT2D eigenvalue weighted by Crippen LogP contribution is -2.20. The third-order valence-corrected chi connectivity index (χ3v) is 5.84. The summed E-state index contributed by atoms with van der Waals surface area (Å²) < 4.78 is 23.2. The Morgan fingerprint density at radius 2 is 1.27 bits per heavy atom. The second-order valence-electron chi connectivity index (χ2n) is 3.69. The van der Waals surface area contributed by atoms with Crippen molar-refractivity contribution >= 4 is 9.84 Å². The molecule has 0 aromatic carbocycles. The maximum absolute atomic E-state index is 11.6. The monoisotopic (exact) mass is 174 g/mol. The molecule has 0 aromatic heterocycles. The van der Waals surface area contributed by atoms with Crippen molar-refractivity contribution in [3.63, 3.8) is 0 Å². The van der Waals surface area contributed by atoms with E-state index in [0.29, 0.717) is 0 Å². The second-order valence-corrected chi connectivity index (χ2v) is 6.21. The average molecular weight is 174 g/mol. The topological polar surface area (TPSA) is 34.1 Å². The van der Waals surface area contributed by atoms with Crippen LogP contribution in [0.25, 0.3) is 0 Å². The van der Waals surface area contributed by atoms with Crippen LogP contribution in [0.2, 0.25) is 0 Å². The molecule has 2 aliphatic rings. The van der Waals surface area contributed by atoms with Crippen LogP contribution >= 0.6 is 0 Å². The van der Waals surface area contributed by atoms with Gasteiger partial charge in [-0.3, -0.25) is 0 Å². The molecule has 11 heavy (non-hydrogen) atoms. The van der Waals surface area contributed by atoms with E-state index in [1.165, 1.54) is 0 Å². The van der Waals surface area contributed by atoms with Crippen LogP contribution in [0, 0.1) is 0 Å². The molecule has 0 aliphatic carbocycles. The van der Waals surface area contributed by atoms with Gasteiger partial charge in [0.05, 0.1) is 10.5 Å². The number of sulfone groups is 1. The highest BCUT2D eigenvalue weighted by Crippen LogP contribution is 2.36. The van der Waals surface area contributed by atoms with Crippen molar-refractivity contribution in [2.24, 2.45) is 0 Å². The van der Waals surface area contributed by atoms with Crippen molar-refractivity contribution in [2.75, 3.05) is 0 Å². The molecule has 2 nitrogen and oxygen atoms in total. The predicted molar refractivity (Wildman–Crippen MR) is 44.2 cm³/mol. The van der Waals surface area contributed by atoms with Crippen LogP contribution in [0.4, 0.5) is 0 Å². The first kappa shape index (κ1) is 7.59. The summed E-state index contributed by atoms with van der Waals surface area (Å²) >= 11 is 0. The standard InChI is InChI=1S/C8H14O2S/c9-11(10)7-3-1-2-4-8(11)6-5-7/h7-8H,1-6H2/t7-,8+. The zero-order valence-corrected chi connectivity index (χ0v) is 7.44. The molecule has 0 radical (unpaired) electrons. The number of hydrogen-bond donors (Lipinski definition) is 0. The largest absolute Gasteiger partial charge is 0.228 e. The summed E-state index contributed by atoms with van der Waals surface area (Å²) in [6.07, 6.45) is 5.98. The van der Waals surface area contributed by atoms with Gasteiger partial charge >= 0.3 is 0 Å². The van der Waals surface area contributed by atoms with E-state index in [9.17, 15) is 8.42 Å². The molecule has 0 amide bonds. The Hall–Kier alpha value is -0.0500. The van der Waals surface area contributed by atoms with E-state index >= 15 is 0 Å². The minimum Gasteiger partial charge on any atom is -0.228 e. The summed E-state index contributed by atoms with van der Waals surface area (Å²) in [6, 6.07) is 0. The lowest BCUT2D eigenvalue weighted by Gasteiger charge is -2.06. The van der Waals surface area contributed by atoms with Crippen LogP contribution in [0.3, 0.4) is 0 Å². The summed E-state index contributed by atoms with van der Waals surface area (Å²) in [6.45, 7) is 0. The van der Waals surface area contributed by atoms with Gasteiger partial charge in [0, 0.05) is 0 Å². The Bertz CT molecular complexity index is 223. The molecule has 2 aliphatic heterocycles. The Kier molecular flexibility index (Phi) is 1.71. The molecular weight excluding hydrogens is 160 g/mol. The van der Waals surface area contributed by atoms with Crippen LogP contribution in [0.5, 0.6) is 0 Å². The van der Waals surface area contributed by atoms with Crippen LogP contribution in [0.15, 0.2) is 0 Å². The fraction of sp³-hybridized carbons (Fsp3) is 1.00. The van der Waals surface area contributed by atoms with Crippen molar-refractivity contribution in [3.8, 4) is 0 Å². The van der Waals surface area contributed by atoms with E-state index in [1.807, 2.05) is 0 Å². The molecular formula is C8H14O2S. The molecule has 0 unspecified atom stereocenters. The molecule has 0 aromatic rings. The van der Waals surface area contributed by atoms with Crippen LogP contribution in [0.1, 0.15) is 38.5 Å². The quantitative estimate of drug-likeness (QED) is 0.558. The molecule has 2 bridgehead atoms. The lowest BCUT2D eigenvalue weighted by molar-refractivity contribution is 0.556. The maximum Gasteiger partial charge on any atom is 0.156 e. The Balaban J connectivity index is 2.33. The van der Waals surface area contributed by atoms with Crippen LogP contribution in [-0.2, 0) is 9.84 Å². The van der Waals surface area contributed by atoms with Gasteiger partial charge in [-0.05, 0) is 25.7 Å². The molecule has 64 valence electrons. The average Bonchev–Trinajstić information content (AvgIpc) is 2.00. The van der Waals surface area contributed by atoms with Crippen LogP contribution < -0.4 is 0 Å². The molecule has 2 saturated heterocycles. The summed E-state index contributed by atoms with van der Waals surface area (Å²) in [5.74, 6) is 0. The Morgan fingerprint density at radius 1 is 0.818 bits per heavy atom. The van der Waals surface area contributed by atoms with Crippen molar-refractivity contribution in [3.05, 3.63) is 0 Å². The van der Waals surface area contributed by atoms with Gasteiger partial charge in [-0.1, -0.05) is 12.8 Å². The van der Waals surface area contributed by atoms with E-state index in [-0.39, 0.29) is 10.5 Å². The molecule has 3 heteroatoms. The number of hydrogen-bond acceptors (Lipinski definition) is 2. The highest BCUT2D eigenvalue weighted by Gasteiger charge is 2.41. The molecule has 0 spiro atoms. The first-order chi connectivity index (χ1) is 5.21. The van der Waals surface area contributed by atoms with Gasteiger partial charge in [0.15, 0.2) is 9.84 Å². The number of fused-ring (bicyclic) bond motifs is 2. The molecule has 2 fully saturated rings. The summed E-state index contributed by atoms with van der Waals surface area (Å²) in [5, 5.41) is 0.0741. The minimum absolute atomic E-state index is 0.0370. The van der Waals surface area contributed by atoms with Gasteiger partial charge < -0.3 is 0 Å². The van der Waals surface area contributed by atoms with Crippen molar-refractivity contribution in [1.82, 2.24) is 0 Å². The second kappa shape index (κ2) is 2.47. The first-order valence-corrected chi connectivity index (χ1v) is 6.05. The smallest absolute Gasteiger partial charge is 0.156 e. The van der Waals surface area contributed by atoms with Crippen molar-refractivity contribution in [1.29, 1.82) is 0 Å². The van der Waals surface area contributed by atoms with E-state index in [1.54, 1.807) is 0 Å². The zero-order valence-electron chi connectivity index (χ0n) is 6.62. The number of rotatable bonds is 0. The first-order valence-electron chi connectivity index (χ1n) is 4.44. The van der Waals surface area contributed by atoms with Crippen LogP contribution in [-0.4, -0.2) is 18.9 Å². The van der Waals surface area contributed by atoms with Gasteiger partial charge in [-0.2, -0.15) is 0 Å². The molecule has 2 rings (SSSR count). The minimum atomic E-state index is -2.67.